The van der Waals surface area contributed by atoms with Crippen molar-refractivity contribution in [2.75, 3.05) is 19.6 Å². The van der Waals surface area contributed by atoms with Crippen LogP contribution >= 0.6 is 0 Å². The molecule has 0 spiro atoms. The molecule has 8 heteroatoms. The first-order chi connectivity index (χ1) is 15.7. The summed E-state index contributed by atoms with van der Waals surface area (Å²) >= 11 is 0. The minimum atomic E-state index is -0.520. The van der Waals surface area contributed by atoms with Gasteiger partial charge in [-0.25, -0.2) is 10.3 Å². The number of benzene rings is 1. The molecule has 2 amide bonds. The van der Waals surface area contributed by atoms with E-state index < -0.39 is 11.5 Å². The maximum Gasteiger partial charge on any atom is 0.410 e. The highest BCUT2D eigenvalue weighted by Gasteiger charge is 2.30. The van der Waals surface area contributed by atoms with Crippen LogP contribution in [0.5, 0.6) is 0 Å². The van der Waals surface area contributed by atoms with E-state index in [1.165, 1.54) is 5.70 Å². The second kappa shape index (κ2) is 9.15. The van der Waals surface area contributed by atoms with Crippen LogP contribution in [-0.2, 0) is 11.3 Å². The SMILES string of the molecule is CC(C)(C)OC(=O)N1CC=C(N2C=CC=C3C2=CCN3Cc2ccc(C(=O)NO)cc2)CC1. The predicted molar refractivity (Wildman–Crippen MR) is 124 cm³/mol. The number of hydrogen-bond donors (Lipinski definition) is 2. The summed E-state index contributed by atoms with van der Waals surface area (Å²) < 4.78 is 5.49. The van der Waals surface area contributed by atoms with E-state index in [1.54, 1.807) is 22.5 Å². The molecule has 2 N–H and O–H groups in total. The fourth-order valence-corrected chi connectivity index (χ4v) is 4.09. The molecule has 1 aromatic rings. The number of fused-ring (bicyclic) bond motifs is 1. The Kier molecular flexibility index (Phi) is 6.29. The normalized spacial score (nSPS) is 17.8. The molecule has 0 atom stereocenters. The van der Waals surface area contributed by atoms with E-state index in [2.05, 4.69) is 34.2 Å². The molecule has 0 aromatic heterocycles. The summed E-state index contributed by atoms with van der Waals surface area (Å²) in [6.07, 6.45) is 11.0. The minimum Gasteiger partial charge on any atom is -0.444 e. The Hall–Kier alpha value is -3.52. The number of rotatable bonds is 4. The number of allylic oxidation sites excluding steroid dienone is 2. The Labute approximate surface area is 194 Å². The van der Waals surface area contributed by atoms with Gasteiger partial charge in [-0.1, -0.05) is 12.1 Å². The van der Waals surface area contributed by atoms with Gasteiger partial charge in [0.2, 0.25) is 0 Å². The Morgan fingerprint density at radius 2 is 1.85 bits per heavy atom. The third kappa shape index (κ3) is 5.12. The van der Waals surface area contributed by atoms with Crippen LogP contribution in [0.25, 0.3) is 0 Å². The fraction of sp³-hybridized carbons (Fsp3) is 0.360. The Morgan fingerprint density at radius 3 is 2.48 bits per heavy atom. The standard InChI is InChI=1S/C25H30N4O4/c1-25(2,3)33-24(31)27-14-10-20(11-15-27)29-13-4-5-21-22(29)12-16-28(21)17-18-6-8-19(9-7-18)23(30)26-32/h4-10,12-13,32H,11,14-17H2,1-3H3,(H,26,30). The van der Waals surface area contributed by atoms with Crippen molar-refractivity contribution in [3.8, 4) is 0 Å². The molecule has 3 aliphatic heterocycles. The number of hydrogen-bond acceptors (Lipinski definition) is 6. The third-order valence-electron chi connectivity index (χ3n) is 5.69. The van der Waals surface area contributed by atoms with Crippen molar-refractivity contribution >= 4 is 12.0 Å². The van der Waals surface area contributed by atoms with Crippen LogP contribution < -0.4 is 5.48 Å². The highest BCUT2D eigenvalue weighted by atomic mass is 16.6. The van der Waals surface area contributed by atoms with Gasteiger partial charge in [-0.3, -0.25) is 10.0 Å². The molecule has 0 aliphatic carbocycles. The highest BCUT2D eigenvalue weighted by molar-refractivity contribution is 5.93. The number of hydroxylamine groups is 1. The average molecular weight is 451 g/mol. The van der Waals surface area contributed by atoms with E-state index in [0.29, 0.717) is 25.2 Å². The molecule has 4 rings (SSSR count). The summed E-state index contributed by atoms with van der Waals surface area (Å²) in [6, 6.07) is 7.20. The van der Waals surface area contributed by atoms with E-state index in [0.717, 1.165) is 29.9 Å². The molecule has 174 valence electrons. The van der Waals surface area contributed by atoms with Gasteiger partial charge in [0.25, 0.3) is 5.91 Å². The van der Waals surface area contributed by atoms with Crippen molar-refractivity contribution in [2.45, 2.75) is 39.3 Å². The van der Waals surface area contributed by atoms with Crippen molar-refractivity contribution in [2.24, 2.45) is 0 Å². The summed E-state index contributed by atoms with van der Waals surface area (Å²) in [6.45, 7) is 8.27. The number of carbonyl (C=O) groups is 2. The first kappa shape index (κ1) is 22.7. The van der Waals surface area contributed by atoms with Crippen LogP contribution in [0, 0.1) is 0 Å². The lowest BCUT2D eigenvalue weighted by Gasteiger charge is -2.35. The van der Waals surface area contributed by atoms with Gasteiger partial charge in [0.05, 0.1) is 11.4 Å². The molecular weight excluding hydrogens is 420 g/mol. The lowest BCUT2D eigenvalue weighted by atomic mass is 10.1. The topological polar surface area (TPSA) is 85.4 Å². The van der Waals surface area contributed by atoms with Gasteiger partial charge in [0.15, 0.2) is 0 Å². The summed E-state index contributed by atoms with van der Waals surface area (Å²) in [5.41, 5.74) is 6.10. The van der Waals surface area contributed by atoms with E-state index in [4.69, 9.17) is 9.94 Å². The van der Waals surface area contributed by atoms with Gasteiger partial charge in [0, 0.05) is 50.1 Å². The van der Waals surface area contributed by atoms with Crippen LogP contribution in [0.15, 0.2) is 71.9 Å². The first-order valence-corrected chi connectivity index (χ1v) is 11.1. The third-order valence-corrected chi connectivity index (χ3v) is 5.69. The molecule has 3 heterocycles. The minimum absolute atomic E-state index is 0.277. The van der Waals surface area contributed by atoms with Gasteiger partial charge in [-0.05, 0) is 62.8 Å². The quantitative estimate of drug-likeness (QED) is 0.537. The van der Waals surface area contributed by atoms with Crippen LogP contribution in [0.1, 0.15) is 43.1 Å². The zero-order valence-electron chi connectivity index (χ0n) is 19.2. The maximum atomic E-state index is 12.4. The van der Waals surface area contributed by atoms with Gasteiger partial charge in [0.1, 0.15) is 5.60 Å². The zero-order valence-corrected chi connectivity index (χ0v) is 19.2. The molecule has 0 saturated carbocycles. The van der Waals surface area contributed by atoms with Gasteiger partial charge in [-0.2, -0.15) is 0 Å². The lowest BCUT2D eigenvalue weighted by Crippen LogP contribution is -2.40. The van der Waals surface area contributed by atoms with Gasteiger partial charge >= 0.3 is 6.09 Å². The summed E-state index contributed by atoms with van der Waals surface area (Å²) in [7, 11) is 0. The fourth-order valence-electron chi connectivity index (χ4n) is 4.09. The monoisotopic (exact) mass is 450 g/mol. The summed E-state index contributed by atoms with van der Waals surface area (Å²) in [5.74, 6) is -0.520. The smallest absolute Gasteiger partial charge is 0.410 e. The maximum absolute atomic E-state index is 12.4. The van der Waals surface area contributed by atoms with Gasteiger partial charge in [-0.15, -0.1) is 0 Å². The Bertz CT molecular complexity index is 1050. The lowest BCUT2D eigenvalue weighted by molar-refractivity contribution is 0.0262. The molecule has 0 bridgehead atoms. The first-order valence-electron chi connectivity index (χ1n) is 11.1. The average Bonchev–Trinajstić information content (AvgIpc) is 3.21. The van der Waals surface area contributed by atoms with E-state index >= 15 is 0 Å². The van der Waals surface area contributed by atoms with Gasteiger partial charge < -0.3 is 19.4 Å². The molecule has 0 saturated heterocycles. The molecular formula is C25H30N4O4. The van der Waals surface area contributed by atoms with Crippen LogP contribution in [-0.4, -0.2) is 57.1 Å². The van der Waals surface area contributed by atoms with Crippen LogP contribution in [0.4, 0.5) is 4.79 Å². The highest BCUT2D eigenvalue weighted by Crippen LogP contribution is 2.34. The number of ether oxygens (including phenoxy) is 1. The van der Waals surface area contributed by atoms with Crippen LogP contribution in [0.2, 0.25) is 0 Å². The number of nitrogens with one attached hydrogen (secondary N) is 1. The van der Waals surface area contributed by atoms with E-state index in [9.17, 15) is 9.59 Å². The van der Waals surface area contributed by atoms with Crippen LogP contribution in [0.3, 0.4) is 0 Å². The number of amides is 2. The number of carbonyl (C=O) groups excluding carboxylic acids is 2. The largest absolute Gasteiger partial charge is 0.444 e. The van der Waals surface area contributed by atoms with Crippen molar-refractivity contribution in [3.63, 3.8) is 0 Å². The molecule has 0 unspecified atom stereocenters. The molecule has 33 heavy (non-hydrogen) atoms. The summed E-state index contributed by atoms with van der Waals surface area (Å²) in [4.78, 5) is 30.1. The van der Waals surface area contributed by atoms with E-state index in [1.807, 2.05) is 39.0 Å². The van der Waals surface area contributed by atoms with Crippen molar-refractivity contribution in [1.29, 1.82) is 0 Å². The second-order valence-corrected chi connectivity index (χ2v) is 9.24. The van der Waals surface area contributed by atoms with Crippen molar-refractivity contribution in [1.82, 2.24) is 20.2 Å². The van der Waals surface area contributed by atoms with Crippen molar-refractivity contribution in [3.05, 3.63) is 83.0 Å². The predicted octanol–water partition coefficient (Wildman–Crippen LogP) is 3.74. The van der Waals surface area contributed by atoms with E-state index in [-0.39, 0.29) is 6.09 Å². The second-order valence-electron chi connectivity index (χ2n) is 9.24. The summed E-state index contributed by atoms with van der Waals surface area (Å²) in [5, 5.41) is 8.77. The molecule has 0 fully saturated rings. The molecule has 8 nitrogen and oxygen atoms in total. The number of nitrogens with zero attached hydrogens (tertiary/aromatic N) is 3. The zero-order chi connectivity index (χ0) is 23.6. The molecule has 1 aromatic carbocycles. The van der Waals surface area contributed by atoms with Crippen molar-refractivity contribution < 1.29 is 19.5 Å². The molecule has 0 radical (unpaired) electrons. The Balaban J connectivity index is 1.40. The Morgan fingerprint density at radius 1 is 1.09 bits per heavy atom. The molecule has 3 aliphatic rings.